The van der Waals surface area contributed by atoms with Crippen LogP contribution in [0.15, 0.2) is 0 Å². The summed E-state index contributed by atoms with van der Waals surface area (Å²) in [7, 11) is 0. The molecule has 4 aliphatic rings. The van der Waals surface area contributed by atoms with E-state index in [9.17, 15) is 9.59 Å². The molecule has 4 heteroatoms. The third kappa shape index (κ3) is 1.26. The molecule has 2 heterocycles. The van der Waals surface area contributed by atoms with Gasteiger partial charge in [0.15, 0.2) is 0 Å². The predicted molar refractivity (Wildman–Crippen MR) is 65.9 cm³/mol. The van der Waals surface area contributed by atoms with Crippen molar-refractivity contribution >= 4 is 11.9 Å². The molecule has 98 valence electrons. The van der Waals surface area contributed by atoms with E-state index >= 15 is 0 Å². The fourth-order valence-corrected chi connectivity index (χ4v) is 4.32. The van der Waals surface area contributed by atoms with Gasteiger partial charge in [-0.2, -0.15) is 0 Å². The Balaban J connectivity index is 1.62. The Morgan fingerprint density at radius 3 is 2.44 bits per heavy atom. The molecule has 0 aromatic heterocycles. The molecular weight excluding hydrogens is 228 g/mol. The van der Waals surface area contributed by atoms with Gasteiger partial charge in [0.25, 0.3) is 5.91 Å². The van der Waals surface area contributed by atoms with Gasteiger partial charge in [-0.05, 0) is 44.4 Å². The van der Waals surface area contributed by atoms with E-state index in [-0.39, 0.29) is 24.0 Å². The minimum absolute atomic E-state index is 0.0316. The van der Waals surface area contributed by atoms with Crippen molar-refractivity contribution in [2.24, 2.45) is 5.92 Å². The number of amides is 3. The summed E-state index contributed by atoms with van der Waals surface area (Å²) in [5, 5.41) is 0. The van der Waals surface area contributed by atoms with Gasteiger partial charge < -0.3 is 4.90 Å². The molecule has 4 nitrogen and oxygen atoms in total. The topological polar surface area (TPSA) is 40.6 Å². The van der Waals surface area contributed by atoms with Crippen molar-refractivity contribution < 1.29 is 9.59 Å². The average molecular weight is 248 g/mol. The highest BCUT2D eigenvalue weighted by molar-refractivity contribution is 6.05. The van der Waals surface area contributed by atoms with Gasteiger partial charge in [0.05, 0.1) is 0 Å². The Morgan fingerprint density at radius 2 is 1.72 bits per heavy atom. The number of carbonyl (C=O) groups is 2. The molecule has 2 saturated heterocycles. The maximum atomic E-state index is 12.5. The zero-order valence-corrected chi connectivity index (χ0v) is 10.7. The summed E-state index contributed by atoms with van der Waals surface area (Å²) in [4.78, 5) is 28.5. The quantitative estimate of drug-likeness (QED) is 0.667. The van der Waals surface area contributed by atoms with Gasteiger partial charge in [-0.15, -0.1) is 0 Å². The molecule has 0 N–H and O–H groups in total. The van der Waals surface area contributed by atoms with Gasteiger partial charge >= 0.3 is 6.03 Å². The maximum Gasteiger partial charge on any atom is 0.327 e. The van der Waals surface area contributed by atoms with E-state index in [1.807, 2.05) is 4.90 Å². The normalized spacial score (nSPS) is 39.9. The fraction of sp³-hybridized carbons (Fsp3) is 0.857. The van der Waals surface area contributed by atoms with Gasteiger partial charge in [0.2, 0.25) is 0 Å². The number of hydrogen-bond acceptors (Lipinski definition) is 2. The summed E-state index contributed by atoms with van der Waals surface area (Å²) in [5.74, 6) is 0.708. The van der Waals surface area contributed by atoms with E-state index in [0.717, 1.165) is 25.7 Å². The summed E-state index contributed by atoms with van der Waals surface area (Å²) in [6.45, 7) is 0. The summed E-state index contributed by atoms with van der Waals surface area (Å²) in [5.41, 5.74) is 0. The van der Waals surface area contributed by atoms with Crippen molar-refractivity contribution in [2.75, 3.05) is 0 Å². The summed E-state index contributed by atoms with van der Waals surface area (Å²) in [6, 6.07) is 0.512. The number of carbonyl (C=O) groups excluding carboxylic acids is 2. The monoisotopic (exact) mass is 248 g/mol. The second kappa shape index (κ2) is 3.72. The van der Waals surface area contributed by atoms with Crippen molar-refractivity contribution in [3.8, 4) is 0 Å². The molecule has 0 radical (unpaired) electrons. The standard InChI is InChI=1S/C14H20N2O2/c17-13-12-8-9-4-1-2-7-11(9)16(12)14(18)15(13)10-5-3-6-10/h9-12H,1-8H2. The number of fused-ring (bicyclic) bond motifs is 3. The van der Waals surface area contributed by atoms with E-state index in [2.05, 4.69) is 0 Å². The molecular formula is C14H20N2O2. The minimum atomic E-state index is -0.105. The van der Waals surface area contributed by atoms with Gasteiger partial charge in [-0.1, -0.05) is 12.8 Å². The van der Waals surface area contributed by atoms with Crippen LogP contribution in [0.3, 0.4) is 0 Å². The molecule has 0 aromatic rings. The molecule has 2 saturated carbocycles. The molecule has 0 bridgehead atoms. The predicted octanol–water partition coefficient (Wildman–Crippen LogP) is 2.13. The Morgan fingerprint density at radius 1 is 0.944 bits per heavy atom. The molecule has 3 amide bonds. The van der Waals surface area contributed by atoms with Crippen LogP contribution in [0, 0.1) is 5.92 Å². The van der Waals surface area contributed by atoms with E-state index < -0.39 is 0 Å². The zero-order chi connectivity index (χ0) is 12.3. The summed E-state index contributed by atoms with van der Waals surface area (Å²) >= 11 is 0. The Kier molecular flexibility index (Phi) is 2.24. The number of hydrogen-bond donors (Lipinski definition) is 0. The van der Waals surface area contributed by atoms with Crippen molar-refractivity contribution in [2.45, 2.75) is 69.5 Å². The molecule has 0 spiro atoms. The molecule has 0 aromatic carbocycles. The summed E-state index contributed by atoms with van der Waals surface area (Å²) in [6.07, 6.45) is 8.95. The van der Waals surface area contributed by atoms with Crippen LogP contribution in [0.5, 0.6) is 0 Å². The average Bonchev–Trinajstić information content (AvgIpc) is 2.79. The van der Waals surface area contributed by atoms with Crippen LogP contribution in [-0.4, -0.2) is 39.9 Å². The van der Waals surface area contributed by atoms with Crippen molar-refractivity contribution in [3.05, 3.63) is 0 Å². The van der Waals surface area contributed by atoms with Crippen molar-refractivity contribution in [1.29, 1.82) is 0 Å². The first-order valence-electron chi connectivity index (χ1n) is 7.43. The van der Waals surface area contributed by atoms with Crippen LogP contribution < -0.4 is 0 Å². The van der Waals surface area contributed by atoms with Crippen LogP contribution in [0.4, 0.5) is 4.79 Å². The van der Waals surface area contributed by atoms with Gasteiger partial charge in [0, 0.05) is 12.1 Å². The highest BCUT2D eigenvalue weighted by atomic mass is 16.2. The first-order valence-corrected chi connectivity index (χ1v) is 7.43. The lowest BCUT2D eigenvalue weighted by molar-refractivity contribution is -0.130. The zero-order valence-electron chi connectivity index (χ0n) is 10.7. The van der Waals surface area contributed by atoms with Gasteiger partial charge in [-0.3, -0.25) is 9.69 Å². The third-order valence-electron chi connectivity index (χ3n) is 5.48. The van der Waals surface area contributed by atoms with Gasteiger partial charge in [-0.25, -0.2) is 4.79 Å². The molecule has 18 heavy (non-hydrogen) atoms. The second-order valence-electron chi connectivity index (χ2n) is 6.35. The highest BCUT2D eigenvalue weighted by Gasteiger charge is 2.57. The SMILES string of the molecule is O=C1C2CC3CCCCC3N2C(=O)N1C1CCC1. The summed E-state index contributed by atoms with van der Waals surface area (Å²) < 4.78 is 0. The Hall–Kier alpha value is -1.06. The van der Waals surface area contributed by atoms with Crippen molar-refractivity contribution in [1.82, 2.24) is 9.80 Å². The molecule has 2 aliphatic carbocycles. The fourth-order valence-electron chi connectivity index (χ4n) is 4.32. The van der Waals surface area contributed by atoms with Crippen molar-refractivity contribution in [3.63, 3.8) is 0 Å². The second-order valence-corrected chi connectivity index (χ2v) is 6.35. The smallest absolute Gasteiger partial charge is 0.309 e. The minimum Gasteiger partial charge on any atom is -0.309 e. The third-order valence-corrected chi connectivity index (χ3v) is 5.48. The van der Waals surface area contributed by atoms with Crippen LogP contribution in [0.2, 0.25) is 0 Å². The van der Waals surface area contributed by atoms with Gasteiger partial charge in [0.1, 0.15) is 6.04 Å². The first-order chi connectivity index (χ1) is 8.77. The van der Waals surface area contributed by atoms with E-state index in [0.29, 0.717) is 12.0 Å². The lowest BCUT2D eigenvalue weighted by Crippen LogP contribution is -2.47. The number of rotatable bonds is 1. The number of urea groups is 1. The Bertz CT molecular complexity index is 405. The number of imide groups is 1. The first kappa shape index (κ1) is 10.8. The van der Waals surface area contributed by atoms with E-state index in [1.54, 1.807) is 4.90 Å². The van der Waals surface area contributed by atoms with Crippen LogP contribution in [0.1, 0.15) is 51.4 Å². The lowest BCUT2D eigenvalue weighted by atomic mass is 9.84. The molecule has 3 unspecified atom stereocenters. The Labute approximate surface area is 107 Å². The number of nitrogens with zero attached hydrogens (tertiary/aromatic N) is 2. The van der Waals surface area contributed by atoms with Crippen LogP contribution in [0.25, 0.3) is 0 Å². The van der Waals surface area contributed by atoms with E-state index in [4.69, 9.17) is 0 Å². The molecule has 2 aliphatic heterocycles. The molecule has 4 rings (SSSR count). The largest absolute Gasteiger partial charge is 0.327 e. The van der Waals surface area contributed by atoms with Crippen LogP contribution >= 0.6 is 0 Å². The highest BCUT2D eigenvalue weighted by Crippen LogP contribution is 2.45. The molecule has 3 atom stereocenters. The van der Waals surface area contributed by atoms with Crippen LogP contribution in [-0.2, 0) is 4.79 Å². The molecule has 4 fully saturated rings. The lowest BCUT2D eigenvalue weighted by Gasteiger charge is -2.35. The maximum absolute atomic E-state index is 12.5. The van der Waals surface area contributed by atoms with E-state index in [1.165, 1.54) is 25.7 Å².